The highest BCUT2D eigenvalue weighted by atomic mass is 32.1. The molecule has 1 atom stereocenters. The molecular weight excluding hydrogens is 348 g/mol. The number of carboxylic acid groups (broad SMARTS) is 1. The topological polar surface area (TPSA) is 79.3 Å². The molecule has 0 spiro atoms. The molecule has 3 rings (SSSR count). The number of carbonyl (C=O) groups excluding carboxylic acids is 1. The second-order valence-corrected chi connectivity index (χ2v) is 8.55. The highest BCUT2D eigenvalue weighted by Gasteiger charge is 2.48. The minimum atomic E-state index is -0.879. The Bertz CT molecular complexity index is 808. The van der Waals surface area contributed by atoms with Crippen molar-refractivity contribution in [3.05, 3.63) is 28.8 Å². The number of hydrogen-bond acceptors (Lipinski definition) is 4. The lowest BCUT2D eigenvalue weighted by atomic mass is 9.74. The molecule has 6 heteroatoms. The fourth-order valence-corrected chi connectivity index (χ4v) is 4.90. The molecule has 1 aromatic carbocycles. The van der Waals surface area contributed by atoms with Gasteiger partial charge in [0.1, 0.15) is 0 Å². The van der Waals surface area contributed by atoms with Crippen LogP contribution >= 0.6 is 11.3 Å². The van der Waals surface area contributed by atoms with Crippen LogP contribution < -0.4 is 5.32 Å². The Balaban J connectivity index is 1.54. The Morgan fingerprint density at radius 1 is 1.35 bits per heavy atom. The first-order valence-corrected chi connectivity index (χ1v) is 10.1. The summed E-state index contributed by atoms with van der Waals surface area (Å²) in [6.45, 7) is 4.25. The van der Waals surface area contributed by atoms with Crippen molar-refractivity contribution < 1.29 is 14.7 Å². The van der Waals surface area contributed by atoms with Gasteiger partial charge in [0, 0.05) is 6.54 Å². The number of nitrogens with zero attached hydrogens (tertiary/aromatic N) is 1. The second-order valence-electron chi connectivity index (χ2n) is 7.32. The second kappa shape index (κ2) is 7.74. The molecule has 0 aliphatic heterocycles. The van der Waals surface area contributed by atoms with Crippen LogP contribution in [0.2, 0.25) is 0 Å². The van der Waals surface area contributed by atoms with Crippen LogP contribution in [0.25, 0.3) is 10.2 Å². The van der Waals surface area contributed by atoms with Crippen molar-refractivity contribution in [2.24, 2.45) is 11.3 Å². The van der Waals surface area contributed by atoms with E-state index in [2.05, 4.69) is 28.5 Å². The van der Waals surface area contributed by atoms with E-state index in [-0.39, 0.29) is 5.91 Å². The molecule has 140 valence electrons. The molecule has 1 aliphatic rings. The van der Waals surface area contributed by atoms with E-state index < -0.39 is 17.3 Å². The van der Waals surface area contributed by atoms with Gasteiger partial charge in [-0.15, -0.1) is 11.3 Å². The molecule has 1 aliphatic carbocycles. The molecule has 5 nitrogen and oxygen atoms in total. The van der Waals surface area contributed by atoms with E-state index in [9.17, 15) is 14.7 Å². The minimum absolute atomic E-state index is 0.0848. The van der Waals surface area contributed by atoms with E-state index in [1.165, 1.54) is 10.3 Å². The summed E-state index contributed by atoms with van der Waals surface area (Å²) >= 11 is 1.70. The van der Waals surface area contributed by atoms with Gasteiger partial charge in [-0.25, -0.2) is 4.98 Å². The number of carbonyl (C=O) groups is 2. The van der Waals surface area contributed by atoms with Gasteiger partial charge < -0.3 is 10.4 Å². The molecule has 0 saturated heterocycles. The van der Waals surface area contributed by atoms with Crippen molar-refractivity contribution in [2.45, 2.75) is 52.4 Å². The summed E-state index contributed by atoms with van der Waals surface area (Å²) < 4.78 is 1.20. The highest BCUT2D eigenvalue weighted by molar-refractivity contribution is 7.18. The molecule has 1 saturated carbocycles. The first kappa shape index (κ1) is 18.8. The van der Waals surface area contributed by atoms with Crippen LogP contribution in [-0.2, 0) is 16.0 Å². The summed E-state index contributed by atoms with van der Waals surface area (Å²) in [6.07, 6.45) is 4.93. The summed E-state index contributed by atoms with van der Waals surface area (Å²) in [5.74, 6) is -1.60. The van der Waals surface area contributed by atoms with Crippen LogP contribution in [0, 0.1) is 18.3 Å². The van der Waals surface area contributed by atoms with Crippen molar-refractivity contribution in [3.63, 3.8) is 0 Å². The van der Waals surface area contributed by atoms with Crippen LogP contribution in [0.1, 0.15) is 49.6 Å². The van der Waals surface area contributed by atoms with Crippen LogP contribution in [0.3, 0.4) is 0 Å². The summed E-state index contributed by atoms with van der Waals surface area (Å²) in [6, 6.07) is 6.32. The molecule has 1 aromatic heterocycles. The van der Waals surface area contributed by atoms with Crippen molar-refractivity contribution in [1.82, 2.24) is 10.3 Å². The number of aromatic nitrogens is 1. The number of fused-ring (bicyclic) bond motifs is 1. The average molecular weight is 375 g/mol. The lowest BCUT2D eigenvalue weighted by Gasteiger charge is -2.31. The molecule has 0 bridgehead atoms. The molecule has 2 N–H and O–H groups in total. The molecule has 1 amide bonds. The van der Waals surface area contributed by atoms with Crippen molar-refractivity contribution in [2.75, 3.05) is 6.54 Å². The molecule has 1 unspecified atom stereocenters. The lowest BCUT2D eigenvalue weighted by Crippen LogP contribution is -2.46. The van der Waals surface area contributed by atoms with E-state index in [4.69, 9.17) is 0 Å². The van der Waals surface area contributed by atoms with Gasteiger partial charge in [0.2, 0.25) is 5.91 Å². The van der Waals surface area contributed by atoms with Gasteiger partial charge in [0.25, 0.3) is 0 Å². The number of amides is 1. The van der Waals surface area contributed by atoms with Gasteiger partial charge in [-0.2, -0.15) is 0 Å². The van der Waals surface area contributed by atoms with E-state index in [0.717, 1.165) is 36.2 Å². The molecule has 2 aromatic rings. The standard InChI is InChI=1S/C20H26N2O3S/c1-13(18(23)24)20(9-3-4-10-20)19(25)21-11-5-6-15-7-8-16-17(12-15)26-14(2)22-16/h7-8,12-13H,3-6,9-11H2,1-2H3,(H,21,25)(H,23,24). The molecule has 0 radical (unpaired) electrons. The Kier molecular flexibility index (Phi) is 5.61. The zero-order valence-corrected chi connectivity index (χ0v) is 16.2. The molecule has 26 heavy (non-hydrogen) atoms. The Hall–Kier alpha value is -1.95. The Morgan fingerprint density at radius 3 is 2.77 bits per heavy atom. The SMILES string of the molecule is Cc1nc2ccc(CCCNC(=O)C3(C(C)C(=O)O)CCCC3)cc2s1. The van der Waals surface area contributed by atoms with E-state index in [1.807, 2.05) is 6.92 Å². The Labute approximate surface area is 157 Å². The lowest BCUT2D eigenvalue weighted by molar-refractivity contribution is -0.152. The van der Waals surface area contributed by atoms with Gasteiger partial charge in [-0.3, -0.25) is 9.59 Å². The fraction of sp³-hybridized carbons (Fsp3) is 0.550. The highest BCUT2D eigenvalue weighted by Crippen LogP contribution is 2.44. The van der Waals surface area contributed by atoms with Crippen LogP contribution in [-0.4, -0.2) is 28.5 Å². The number of hydrogen-bond donors (Lipinski definition) is 2. The van der Waals surface area contributed by atoms with Gasteiger partial charge in [0.05, 0.1) is 26.6 Å². The predicted octanol–water partition coefficient (Wildman–Crippen LogP) is 3.93. The minimum Gasteiger partial charge on any atom is -0.481 e. The quantitative estimate of drug-likeness (QED) is 0.720. The third kappa shape index (κ3) is 3.75. The van der Waals surface area contributed by atoms with Gasteiger partial charge in [-0.1, -0.05) is 25.8 Å². The van der Waals surface area contributed by atoms with E-state index in [0.29, 0.717) is 19.4 Å². The first-order chi connectivity index (χ1) is 12.4. The maximum Gasteiger partial charge on any atom is 0.307 e. The van der Waals surface area contributed by atoms with Gasteiger partial charge in [-0.05, 0) is 50.3 Å². The molecule has 1 heterocycles. The number of benzene rings is 1. The molecule has 1 fully saturated rings. The van der Waals surface area contributed by atoms with Gasteiger partial charge in [0.15, 0.2) is 0 Å². The predicted molar refractivity (Wildman–Crippen MR) is 103 cm³/mol. The molecular formula is C20H26N2O3S. The summed E-state index contributed by atoms with van der Waals surface area (Å²) in [5.41, 5.74) is 1.55. The van der Waals surface area contributed by atoms with Crippen molar-refractivity contribution in [1.29, 1.82) is 0 Å². The third-order valence-electron chi connectivity index (χ3n) is 5.63. The number of thiazole rings is 1. The van der Waals surface area contributed by atoms with Crippen LogP contribution in [0.5, 0.6) is 0 Å². The number of rotatable bonds is 7. The van der Waals surface area contributed by atoms with Gasteiger partial charge >= 0.3 is 5.97 Å². The summed E-state index contributed by atoms with van der Waals surface area (Å²) in [7, 11) is 0. The fourth-order valence-electron chi connectivity index (χ4n) is 4.01. The van der Waals surface area contributed by atoms with Crippen LogP contribution in [0.4, 0.5) is 0 Å². The smallest absolute Gasteiger partial charge is 0.307 e. The maximum absolute atomic E-state index is 12.7. The third-order valence-corrected chi connectivity index (χ3v) is 6.57. The van der Waals surface area contributed by atoms with Crippen molar-refractivity contribution in [3.8, 4) is 0 Å². The first-order valence-electron chi connectivity index (χ1n) is 9.29. The van der Waals surface area contributed by atoms with Crippen molar-refractivity contribution >= 4 is 33.4 Å². The van der Waals surface area contributed by atoms with E-state index >= 15 is 0 Å². The summed E-state index contributed by atoms with van der Waals surface area (Å²) in [5, 5.41) is 13.4. The maximum atomic E-state index is 12.7. The Morgan fingerprint density at radius 2 is 2.08 bits per heavy atom. The zero-order valence-electron chi connectivity index (χ0n) is 15.4. The number of carboxylic acids is 1. The number of aryl methyl sites for hydroxylation is 2. The largest absolute Gasteiger partial charge is 0.481 e. The summed E-state index contributed by atoms with van der Waals surface area (Å²) in [4.78, 5) is 28.6. The number of nitrogens with one attached hydrogen (secondary N) is 1. The zero-order chi connectivity index (χ0) is 18.7. The van der Waals surface area contributed by atoms with Crippen LogP contribution in [0.15, 0.2) is 18.2 Å². The normalized spacial score (nSPS) is 17.3. The number of aliphatic carboxylic acids is 1. The average Bonchev–Trinajstić information content (AvgIpc) is 3.23. The van der Waals surface area contributed by atoms with E-state index in [1.54, 1.807) is 18.3 Å². The monoisotopic (exact) mass is 374 g/mol.